The summed E-state index contributed by atoms with van der Waals surface area (Å²) in [5, 5.41) is 0.0962. The number of halogens is 1. The molecule has 2 heterocycles. The van der Waals surface area contributed by atoms with Crippen molar-refractivity contribution >= 4 is 31.6 Å². The highest BCUT2D eigenvalue weighted by Crippen LogP contribution is 2.22. The second-order valence-electron chi connectivity index (χ2n) is 4.91. The monoisotopic (exact) mass is 353 g/mol. The van der Waals surface area contributed by atoms with Gasteiger partial charge in [-0.3, -0.25) is 0 Å². The number of nitrogens with zero attached hydrogens (tertiary/aromatic N) is 2. The molecule has 1 aliphatic heterocycles. The molecule has 1 fully saturated rings. The second-order valence-corrected chi connectivity index (χ2v) is 9.01. The van der Waals surface area contributed by atoms with Crippen LogP contribution in [0.2, 0.25) is 5.15 Å². The average Bonchev–Trinajstić information content (AvgIpc) is 2.37. The zero-order chi connectivity index (χ0) is 15.7. The van der Waals surface area contributed by atoms with Crippen molar-refractivity contribution in [2.75, 3.05) is 19.3 Å². The average molecular weight is 354 g/mol. The highest BCUT2D eigenvalue weighted by molar-refractivity contribution is 7.89. The lowest BCUT2D eigenvalue weighted by molar-refractivity contribution is 0.303. The Labute approximate surface area is 129 Å². The van der Waals surface area contributed by atoms with Gasteiger partial charge in [-0.05, 0) is 25.0 Å². The SMILES string of the molecule is CS(=O)(=O)NC1CCCN(S(=O)(=O)c2ccnc(Cl)c2)C1. The third-order valence-electron chi connectivity index (χ3n) is 3.10. The molecule has 0 bridgehead atoms. The molecule has 0 spiro atoms. The summed E-state index contributed by atoms with van der Waals surface area (Å²) in [7, 11) is -7.07. The van der Waals surface area contributed by atoms with Crippen molar-refractivity contribution in [1.29, 1.82) is 0 Å². The van der Waals surface area contributed by atoms with Gasteiger partial charge in [-0.15, -0.1) is 0 Å². The molecule has 21 heavy (non-hydrogen) atoms. The first-order valence-electron chi connectivity index (χ1n) is 6.27. The van der Waals surface area contributed by atoms with Gasteiger partial charge < -0.3 is 0 Å². The number of hydrogen-bond donors (Lipinski definition) is 1. The van der Waals surface area contributed by atoms with E-state index in [1.165, 1.54) is 22.6 Å². The van der Waals surface area contributed by atoms with Crippen LogP contribution in [0.4, 0.5) is 0 Å². The first-order valence-corrected chi connectivity index (χ1v) is 9.98. The third-order valence-corrected chi connectivity index (χ3v) is 5.93. The van der Waals surface area contributed by atoms with Crippen molar-refractivity contribution < 1.29 is 16.8 Å². The van der Waals surface area contributed by atoms with Crippen molar-refractivity contribution in [2.45, 2.75) is 23.8 Å². The Morgan fingerprint density at radius 1 is 1.38 bits per heavy atom. The molecule has 2 rings (SSSR count). The molecule has 0 aliphatic carbocycles. The molecule has 0 radical (unpaired) electrons. The smallest absolute Gasteiger partial charge is 0.243 e. The Kier molecular flexibility index (Phi) is 4.89. The molecular formula is C11H16ClN3O4S2. The Balaban J connectivity index is 2.20. The maximum absolute atomic E-state index is 12.5. The van der Waals surface area contributed by atoms with Gasteiger partial charge in [-0.1, -0.05) is 11.6 Å². The van der Waals surface area contributed by atoms with E-state index in [0.29, 0.717) is 19.4 Å². The van der Waals surface area contributed by atoms with Gasteiger partial charge in [0.15, 0.2) is 0 Å². The lowest BCUT2D eigenvalue weighted by atomic mass is 10.1. The van der Waals surface area contributed by atoms with Crippen LogP contribution < -0.4 is 4.72 Å². The number of aromatic nitrogens is 1. The summed E-state index contributed by atoms with van der Waals surface area (Å²) in [5.74, 6) is 0. The molecular weight excluding hydrogens is 338 g/mol. The fraction of sp³-hybridized carbons (Fsp3) is 0.545. The minimum absolute atomic E-state index is 0.0579. The molecule has 118 valence electrons. The molecule has 1 N–H and O–H groups in total. The van der Waals surface area contributed by atoms with E-state index in [1.807, 2.05) is 0 Å². The second kappa shape index (κ2) is 6.17. The summed E-state index contributed by atoms with van der Waals surface area (Å²) in [4.78, 5) is 3.81. The molecule has 0 aromatic carbocycles. The number of sulfonamides is 2. The van der Waals surface area contributed by atoms with Crippen LogP contribution in [0.3, 0.4) is 0 Å². The number of rotatable bonds is 4. The largest absolute Gasteiger partial charge is 0.244 e. The van der Waals surface area contributed by atoms with Gasteiger partial charge in [0.05, 0.1) is 11.2 Å². The van der Waals surface area contributed by atoms with Crippen molar-refractivity contribution in [3.63, 3.8) is 0 Å². The van der Waals surface area contributed by atoms with Crippen molar-refractivity contribution in [2.24, 2.45) is 0 Å². The summed E-state index contributed by atoms with van der Waals surface area (Å²) in [6, 6.07) is 2.24. The van der Waals surface area contributed by atoms with Gasteiger partial charge in [0, 0.05) is 25.3 Å². The van der Waals surface area contributed by atoms with Crippen LogP contribution in [-0.4, -0.2) is 51.5 Å². The van der Waals surface area contributed by atoms with E-state index in [9.17, 15) is 16.8 Å². The highest BCUT2D eigenvalue weighted by Gasteiger charge is 2.31. The highest BCUT2D eigenvalue weighted by atomic mass is 35.5. The summed E-state index contributed by atoms with van der Waals surface area (Å²) < 4.78 is 51.3. The van der Waals surface area contributed by atoms with Crippen LogP contribution in [0.15, 0.2) is 23.2 Å². The van der Waals surface area contributed by atoms with Crippen LogP contribution in [0, 0.1) is 0 Å². The van der Waals surface area contributed by atoms with Crippen LogP contribution in [0.5, 0.6) is 0 Å². The molecule has 1 unspecified atom stereocenters. The quantitative estimate of drug-likeness (QED) is 0.792. The minimum Gasteiger partial charge on any atom is -0.244 e. The van der Waals surface area contributed by atoms with E-state index in [-0.39, 0.29) is 16.6 Å². The van der Waals surface area contributed by atoms with Crippen molar-refractivity contribution in [3.8, 4) is 0 Å². The number of hydrogen-bond acceptors (Lipinski definition) is 5. The topological polar surface area (TPSA) is 96.4 Å². The Hall–Kier alpha value is -0.740. The van der Waals surface area contributed by atoms with Gasteiger partial charge in [0.1, 0.15) is 5.15 Å². The van der Waals surface area contributed by atoms with Gasteiger partial charge in [0.2, 0.25) is 20.0 Å². The first kappa shape index (κ1) is 16.6. The summed E-state index contributed by atoms with van der Waals surface area (Å²) >= 11 is 5.72. The summed E-state index contributed by atoms with van der Waals surface area (Å²) in [6.45, 7) is 0.458. The lowest BCUT2D eigenvalue weighted by Gasteiger charge is -2.31. The molecule has 0 saturated carbocycles. The predicted octanol–water partition coefficient (Wildman–Crippen LogP) is 0.437. The first-order chi connectivity index (χ1) is 9.68. The molecule has 7 nitrogen and oxygen atoms in total. The van der Waals surface area contributed by atoms with E-state index in [0.717, 1.165) is 6.26 Å². The molecule has 1 aromatic rings. The van der Waals surface area contributed by atoms with Gasteiger partial charge in [0.25, 0.3) is 0 Å². The standard InChI is InChI=1S/C11H16ClN3O4S2/c1-20(16,17)14-9-3-2-6-15(8-9)21(18,19)10-4-5-13-11(12)7-10/h4-5,7,9,14H,2-3,6,8H2,1H3. The number of nitrogens with one attached hydrogen (secondary N) is 1. The summed E-state index contributed by atoms with van der Waals surface area (Å²) in [5.41, 5.74) is 0. The van der Waals surface area contributed by atoms with E-state index in [1.54, 1.807) is 0 Å². The number of pyridine rings is 1. The van der Waals surface area contributed by atoms with E-state index in [4.69, 9.17) is 11.6 Å². The number of piperidine rings is 1. The van der Waals surface area contributed by atoms with Gasteiger partial charge >= 0.3 is 0 Å². The van der Waals surface area contributed by atoms with Crippen LogP contribution in [-0.2, 0) is 20.0 Å². The third kappa shape index (κ3) is 4.36. The van der Waals surface area contributed by atoms with Gasteiger partial charge in [-0.2, -0.15) is 4.31 Å². The van der Waals surface area contributed by atoms with Gasteiger partial charge in [-0.25, -0.2) is 26.5 Å². The van der Waals surface area contributed by atoms with E-state index in [2.05, 4.69) is 9.71 Å². The molecule has 1 atom stereocenters. The van der Waals surface area contributed by atoms with E-state index < -0.39 is 26.1 Å². The zero-order valence-electron chi connectivity index (χ0n) is 11.4. The molecule has 0 amide bonds. The lowest BCUT2D eigenvalue weighted by Crippen LogP contribution is -2.49. The van der Waals surface area contributed by atoms with Crippen LogP contribution in [0.25, 0.3) is 0 Å². The van der Waals surface area contributed by atoms with Crippen LogP contribution >= 0.6 is 11.6 Å². The molecule has 1 saturated heterocycles. The maximum Gasteiger partial charge on any atom is 0.243 e. The fourth-order valence-electron chi connectivity index (χ4n) is 2.25. The predicted molar refractivity (Wildman–Crippen MR) is 79.0 cm³/mol. The normalized spacial score (nSPS) is 21.3. The van der Waals surface area contributed by atoms with Crippen molar-refractivity contribution in [1.82, 2.24) is 14.0 Å². The summed E-state index contributed by atoms with van der Waals surface area (Å²) in [6.07, 6.45) is 3.58. The Bertz CT molecular complexity index is 721. The molecule has 10 heteroatoms. The fourth-order valence-corrected chi connectivity index (χ4v) is 4.83. The van der Waals surface area contributed by atoms with E-state index >= 15 is 0 Å². The Morgan fingerprint density at radius 2 is 2.10 bits per heavy atom. The minimum atomic E-state index is -3.70. The maximum atomic E-state index is 12.5. The molecule has 1 aromatic heterocycles. The molecule has 1 aliphatic rings. The van der Waals surface area contributed by atoms with Crippen molar-refractivity contribution in [3.05, 3.63) is 23.5 Å². The Morgan fingerprint density at radius 3 is 2.71 bits per heavy atom. The van der Waals surface area contributed by atoms with Crippen LogP contribution in [0.1, 0.15) is 12.8 Å². The zero-order valence-corrected chi connectivity index (χ0v) is 13.7.